The molecule has 2 aromatic carbocycles. The average molecular weight is 542 g/mol. The molecule has 1 N–H and O–H groups in total. The third-order valence-electron chi connectivity index (χ3n) is 6.89. The van der Waals surface area contributed by atoms with Crippen molar-refractivity contribution in [2.24, 2.45) is 0 Å². The highest BCUT2D eigenvalue weighted by Crippen LogP contribution is 2.39. The van der Waals surface area contributed by atoms with Gasteiger partial charge in [0.25, 0.3) is 5.91 Å². The zero-order valence-corrected chi connectivity index (χ0v) is 23.7. The molecule has 2 aromatic rings. The number of carbonyl (C=O) groups excluding carboxylic acids is 1. The monoisotopic (exact) mass is 541 g/mol. The van der Waals surface area contributed by atoms with Crippen molar-refractivity contribution in [3.8, 4) is 17.2 Å². The van der Waals surface area contributed by atoms with E-state index in [9.17, 15) is 9.18 Å². The number of ether oxygens (including phenoxy) is 3. The highest BCUT2D eigenvalue weighted by atomic mass is 19.1. The van der Waals surface area contributed by atoms with Gasteiger partial charge in [-0.2, -0.15) is 0 Å². The molecule has 1 aliphatic heterocycles. The van der Waals surface area contributed by atoms with E-state index in [0.717, 1.165) is 37.2 Å². The summed E-state index contributed by atoms with van der Waals surface area (Å²) in [6.45, 7) is 5.66. The van der Waals surface area contributed by atoms with Gasteiger partial charge in [0.05, 0.1) is 20.8 Å². The van der Waals surface area contributed by atoms with E-state index in [0.29, 0.717) is 36.9 Å². The molecule has 1 fully saturated rings. The van der Waals surface area contributed by atoms with Gasteiger partial charge in [-0.15, -0.1) is 0 Å². The largest absolute Gasteiger partial charge is 0.493 e. The molecule has 0 bridgehead atoms. The normalized spacial score (nSPS) is 14.0. The number of hydrogen-bond donors (Lipinski definition) is 1. The van der Waals surface area contributed by atoms with Crippen LogP contribution in [0.5, 0.6) is 17.2 Å². The number of nitrogens with one attached hydrogen (secondary N) is 1. The maximum atomic E-state index is 13.2. The Bertz CT molecular complexity index is 1010. The van der Waals surface area contributed by atoms with Crippen LogP contribution in [0.25, 0.3) is 6.08 Å². The molecule has 0 unspecified atom stereocenters. The number of hydrazine groups is 1. The molecule has 0 aromatic heterocycles. The Balaban J connectivity index is 1.46. The number of halogens is 1. The molecule has 1 aliphatic rings. The second kappa shape index (κ2) is 16.6. The molecule has 1 amide bonds. The molecule has 8 heteroatoms. The zero-order valence-electron chi connectivity index (χ0n) is 23.7. The van der Waals surface area contributed by atoms with Crippen molar-refractivity contribution in [3.05, 3.63) is 53.9 Å². The summed E-state index contributed by atoms with van der Waals surface area (Å²) < 4.78 is 30.4. The number of rotatable bonds is 16. The molecule has 0 radical (unpaired) electrons. The van der Waals surface area contributed by atoms with E-state index >= 15 is 0 Å². The van der Waals surface area contributed by atoms with Crippen molar-refractivity contribution >= 4 is 17.7 Å². The molecular formula is C31H44FN3O4. The van der Waals surface area contributed by atoms with Gasteiger partial charge in [-0.25, -0.2) is 9.40 Å². The summed E-state index contributed by atoms with van der Waals surface area (Å²) in [5, 5.41) is 1.90. The van der Waals surface area contributed by atoms with Gasteiger partial charge in [0, 0.05) is 37.9 Å². The summed E-state index contributed by atoms with van der Waals surface area (Å²) in [6.07, 6.45) is 13.1. The van der Waals surface area contributed by atoms with Gasteiger partial charge in [-0.3, -0.25) is 10.2 Å². The number of benzene rings is 2. The van der Waals surface area contributed by atoms with E-state index in [2.05, 4.69) is 17.2 Å². The van der Waals surface area contributed by atoms with E-state index in [1.54, 1.807) is 32.4 Å². The second-order valence-corrected chi connectivity index (χ2v) is 9.84. The number of unbranched alkanes of at least 4 members (excludes halogenated alkanes) is 7. The van der Waals surface area contributed by atoms with E-state index in [1.807, 2.05) is 17.1 Å². The molecule has 0 spiro atoms. The molecule has 214 valence electrons. The highest BCUT2D eigenvalue weighted by Gasteiger charge is 2.18. The molecule has 3 rings (SSSR count). The van der Waals surface area contributed by atoms with Crippen LogP contribution in [-0.4, -0.2) is 57.9 Å². The van der Waals surface area contributed by atoms with Crippen LogP contribution in [-0.2, 0) is 4.79 Å². The predicted octanol–water partition coefficient (Wildman–Crippen LogP) is 6.23. The van der Waals surface area contributed by atoms with E-state index in [1.165, 1.54) is 56.7 Å². The summed E-state index contributed by atoms with van der Waals surface area (Å²) in [4.78, 5) is 14.7. The van der Waals surface area contributed by atoms with Crippen LogP contribution in [0.3, 0.4) is 0 Å². The van der Waals surface area contributed by atoms with Crippen LogP contribution in [0, 0.1) is 5.82 Å². The molecule has 0 aliphatic carbocycles. The van der Waals surface area contributed by atoms with E-state index in [-0.39, 0.29) is 11.7 Å². The molecule has 1 heterocycles. The Morgan fingerprint density at radius 1 is 0.897 bits per heavy atom. The van der Waals surface area contributed by atoms with Gasteiger partial charge in [0.1, 0.15) is 5.82 Å². The first kappa shape index (κ1) is 30.3. The van der Waals surface area contributed by atoms with Gasteiger partial charge in [0.2, 0.25) is 5.75 Å². The molecule has 0 saturated carbocycles. The van der Waals surface area contributed by atoms with Crippen molar-refractivity contribution in [2.75, 3.05) is 51.9 Å². The lowest BCUT2D eigenvalue weighted by Gasteiger charge is -2.35. The Morgan fingerprint density at radius 3 is 2.08 bits per heavy atom. The van der Waals surface area contributed by atoms with Crippen molar-refractivity contribution in [2.45, 2.75) is 58.3 Å². The van der Waals surface area contributed by atoms with Crippen molar-refractivity contribution < 1.29 is 23.4 Å². The lowest BCUT2D eigenvalue weighted by atomic mass is 10.1. The van der Waals surface area contributed by atoms with Crippen LogP contribution in [0.2, 0.25) is 0 Å². The lowest BCUT2D eigenvalue weighted by Crippen LogP contribution is -2.53. The number of amides is 1. The van der Waals surface area contributed by atoms with Gasteiger partial charge in [-0.05, 0) is 54.5 Å². The smallest absolute Gasteiger partial charge is 0.258 e. The zero-order chi connectivity index (χ0) is 27.9. The lowest BCUT2D eigenvalue weighted by molar-refractivity contribution is -0.121. The quantitative estimate of drug-likeness (QED) is 0.201. The topological polar surface area (TPSA) is 63.3 Å². The molecule has 0 atom stereocenters. The fourth-order valence-electron chi connectivity index (χ4n) is 4.64. The van der Waals surface area contributed by atoms with Crippen LogP contribution in [0.15, 0.2) is 42.5 Å². The number of hydrogen-bond acceptors (Lipinski definition) is 6. The highest BCUT2D eigenvalue weighted by molar-refractivity contribution is 5.91. The summed E-state index contributed by atoms with van der Waals surface area (Å²) in [7, 11) is 3.20. The first-order valence-electron chi connectivity index (χ1n) is 14.2. The number of nitrogens with zero attached hydrogens (tertiary/aromatic N) is 2. The Hall–Kier alpha value is -3.26. The Morgan fingerprint density at radius 2 is 1.49 bits per heavy atom. The summed E-state index contributed by atoms with van der Waals surface area (Å²) >= 11 is 0. The predicted molar refractivity (Wildman–Crippen MR) is 155 cm³/mol. The number of methoxy groups -OCH3 is 2. The fourth-order valence-corrected chi connectivity index (χ4v) is 4.64. The van der Waals surface area contributed by atoms with Gasteiger partial charge in [-0.1, -0.05) is 51.9 Å². The maximum Gasteiger partial charge on any atom is 0.258 e. The van der Waals surface area contributed by atoms with Crippen LogP contribution >= 0.6 is 0 Å². The second-order valence-electron chi connectivity index (χ2n) is 9.84. The van der Waals surface area contributed by atoms with Gasteiger partial charge >= 0.3 is 0 Å². The molecule has 1 saturated heterocycles. The van der Waals surface area contributed by atoms with E-state index < -0.39 is 0 Å². The van der Waals surface area contributed by atoms with Crippen LogP contribution in [0.1, 0.15) is 63.9 Å². The minimum Gasteiger partial charge on any atom is -0.493 e. The van der Waals surface area contributed by atoms with Crippen molar-refractivity contribution in [1.29, 1.82) is 0 Å². The average Bonchev–Trinajstić information content (AvgIpc) is 2.96. The standard InChI is InChI=1S/C31H44FN3O4/c1-4-5-6-7-8-9-10-11-22-39-31-28(37-2)23-25(24-29(31)38-3)12-17-30(36)33-35-20-18-34(19-21-35)27-15-13-26(32)14-16-27/h12-17,23-24H,4-11,18-22H2,1-3H3,(H,33,36). The number of piperazine rings is 1. The molecule has 7 nitrogen and oxygen atoms in total. The third-order valence-corrected chi connectivity index (χ3v) is 6.89. The number of carbonyl (C=O) groups is 1. The Kier molecular flexibility index (Phi) is 12.9. The summed E-state index contributed by atoms with van der Waals surface area (Å²) in [5.74, 6) is 1.28. The summed E-state index contributed by atoms with van der Waals surface area (Å²) in [6, 6.07) is 10.2. The van der Waals surface area contributed by atoms with Gasteiger partial charge < -0.3 is 19.1 Å². The van der Waals surface area contributed by atoms with Crippen LogP contribution in [0.4, 0.5) is 10.1 Å². The minimum absolute atomic E-state index is 0.210. The van der Waals surface area contributed by atoms with Crippen molar-refractivity contribution in [3.63, 3.8) is 0 Å². The maximum absolute atomic E-state index is 13.2. The fraction of sp³-hybridized carbons (Fsp3) is 0.516. The van der Waals surface area contributed by atoms with Gasteiger partial charge in [0.15, 0.2) is 11.5 Å². The summed E-state index contributed by atoms with van der Waals surface area (Å²) in [5.41, 5.74) is 4.69. The van der Waals surface area contributed by atoms with E-state index in [4.69, 9.17) is 14.2 Å². The molecule has 39 heavy (non-hydrogen) atoms. The third kappa shape index (κ3) is 10.1. The molecular weight excluding hydrogens is 497 g/mol. The first-order valence-corrected chi connectivity index (χ1v) is 14.2. The number of anilines is 1. The van der Waals surface area contributed by atoms with Crippen molar-refractivity contribution in [1.82, 2.24) is 10.4 Å². The minimum atomic E-state index is -0.243. The first-order chi connectivity index (χ1) is 19.0. The van der Waals surface area contributed by atoms with Crippen LogP contribution < -0.4 is 24.5 Å². The SMILES string of the molecule is CCCCCCCCCCOc1c(OC)cc(C=CC(=O)NN2CCN(c3ccc(F)cc3)CC2)cc1OC. The Labute approximate surface area is 232 Å².